The van der Waals surface area contributed by atoms with Gasteiger partial charge < -0.3 is 15.1 Å². The quantitative estimate of drug-likeness (QED) is 0.333. The minimum absolute atomic E-state index is 0.183. The number of aliphatic imine (C=N–C) groups is 1. The molecule has 0 saturated carbocycles. The topological polar surface area (TPSA) is 99.0 Å². The van der Waals surface area contributed by atoms with Gasteiger partial charge in [0.05, 0.1) is 18.6 Å². The van der Waals surface area contributed by atoms with Gasteiger partial charge in [0.15, 0.2) is 5.96 Å². The van der Waals surface area contributed by atoms with Gasteiger partial charge in [-0.3, -0.25) is 9.89 Å². The highest BCUT2D eigenvalue weighted by molar-refractivity contribution is 7.88. The Balaban J connectivity index is 1.77. The molecule has 0 aliphatic carbocycles. The lowest BCUT2D eigenvalue weighted by Gasteiger charge is -2.26. The molecule has 142 valence electrons. The molecule has 0 amide bonds. The van der Waals surface area contributed by atoms with Crippen molar-refractivity contribution < 1.29 is 12.8 Å². The van der Waals surface area contributed by atoms with Gasteiger partial charge in [-0.05, 0) is 44.5 Å². The van der Waals surface area contributed by atoms with Crippen LogP contribution in [0, 0.1) is 0 Å². The predicted molar refractivity (Wildman–Crippen MR) is 99.1 cm³/mol. The summed E-state index contributed by atoms with van der Waals surface area (Å²) >= 11 is 0. The van der Waals surface area contributed by atoms with Crippen molar-refractivity contribution in [3.8, 4) is 0 Å². The second kappa shape index (κ2) is 9.79. The first-order valence-corrected chi connectivity index (χ1v) is 10.6. The minimum Gasteiger partial charge on any atom is -0.468 e. The fourth-order valence-electron chi connectivity index (χ4n) is 2.91. The van der Waals surface area contributed by atoms with Gasteiger partial charge >= 0.3 is 0 Å². The van der Waals surface area contributed by atoms with Crippen LogP contribution in [0.4, 0.5) is 0 Å². The summed E-state index contributed by atoms with van der Waals surface area (Å²) < 4.78 is 30.1. The molecule has 0 spiro atoms. The van der Waals surface area contributed by atoms with E-state index in [4.69, 9.17) is 4.42 Å². The van der Waals surface area contributed by atoms with Gasteiger partial charge in [0, 0.05) is 26.7 Å². The normalized spacial score (nSPS) is 17.6. The van der Waals surface area contributed by atoms with Crippen LogP contribution in [0.25, 0.3) is 0 Å². The fourth-order valence-corrected chi connectivity index (χ4v) is 3.43. The molecular weight excluding hydrogens is 342 g/mol. The largest absolute Gasteiger partial charge is 0.468 e. The number of likely N-dealkylation sites (tertiary alicyclic amines) is 1. The van der Waals surface area contributed by atoms with Crippen molar-refractivity contribution in [1.29, 1.82) is 0 Å². The second-order valence-electron chi connectivity index (χ2n) is 6.17. The summed E-state index contributed by atoms with van der Waals surface area (Å²) in [6.07, 6.45) is 5.99. The zero-order valence-corrected chi connectivity index (χ0v) is 15.8. The Hall–Kier alpha value is -1.58. The summed E-state index contributed by atoms with van der Waals surface area (Å²) in [5, 5.41) is 6.54. The van der Waals surface area contributed by atoms with E-state index in [1.165, 1.54) is 12.8 Å². The number of hydrogen-bond acceptors (Lipinski definition) is 5. The van der Waals surface area contributed by atoms with Gasteiger partial charge in [-0.1, -0.05) is 0 Å². The van der Waals surface area contributed by atoms with E-state index in [-0.39, 0.29) is 6.04 Å². The van der Waals surface area contributed by atoms with E-state index in [0.29, 0.717) is 32.0 Å². The molecule has 3 N–H and O–H groups in total. The lowest BCUT2D eigenvalue weighted by atomic mass is 10.2. The lowest BCUT2D eigenvalue weighted by Crippen LogP contribution is -2.43. The SMILES string of the molecule is CN=C(NCCCNS(C)(=O)=O)NCC(c1ccco1)N1CCCC1. The van der Waals surface area contributed by atoms with Crippen LogP contribution in [0.15, 0.2) is 27.8 Å². The average Bonchev–Trinajstić information content (AvgIpc) is 3.26. The first-order chi connectivity index (χ1) is 12.0. The zero-order chi connectivity index (χ0) is 18.1. The van der Waals surface area contributed by atoms with E-state index in [1.807, 2.05) is 12.1 Å². The number of furan rings is 1. The Bertz CT molecular complexity index is 624. The maximum atomic E-state index is 11.0. The molecule has 2 heterocycles. The van der Waals surface area contributed by atoms with Crippen molar-refractivity contribution in [2.24, 2.45) is 4.99 Å². The molecule has 2 rings (SSSR count). The van der Waals surface area contributed by atoms with Crippen LogP contribution in [0.2, 0.25) is 0 Å². The molecule has 25 heavy (non-hydrogen) atoms. The molecule has 0 radical (unpaired) electrons. The Labute approximate surface area is 150 Å². The van der Waals surface area contributed by atoms with Gasteiger partial charge in [-0.15, -0.1) is 0 Å². The lowest BCUT2D eigenvalue weighted by molar-refractivity contribution is 0.215. The van der Waals surface area contributed by atoms with E-state index in [1.54, 1.807) is 13.3 Å². The third kappa shape index (κ3) is 7.05. The van der Waals surface area contributed by atoms with E-state index in [2.05, 4.69) is 25.2 Å². The summed E-state index contributed by atoms with van der Waals surface area (Å²) in [7, 11) is -1.40. The molecule has 9 heteroatoms. The first-order valence-electron chi connectivity index (χ1n) is 8.66. The highest BCUT2D eigenvalue weighted by Crippen LogP contribution is 2.24. The maximum absolute atomic E-state index is 11.0. The number of hydrogen-bond donors (Lipinski definition) is 3. The van der Waals surface area contributed by atoms with Crippen LogP contribution in [0.1, 0.15) is 31.1 Å². The molecule has 0 aromatic carbocycles. The molecule has 1 fully saturated rings. The Morgan fingerprint density at radius 2 is 2.08 bits per heavy atom. The molecular formula is C16H29N5O3S. The molecule has 0 bridgehead atoms. The number of nitrogens with one attached hydrogen (secondary N) is 3. The van der Waals surface area contributed by atoms with Crippen LogP contribution < -0.4 is 15.4 Å². The minimum atomic E-state index is -3.13. The van der Waals surface area contributed by atoms with Gasteiger partial charge in [-0.2, -0.15) is 0 Å². The van der Waals surface area contributed by atoms with Crippen LogP contribution in [0.3, 0.4) is 0 Å². The highest BCUT2D eigenvalue weighted by atomic mass is 32.2. The summed E-state index contributed by atoms with van der Waals surface area (Å²) in [5.41, 5.74) is 0. The molecule has 1 aliphatic heterocycles. The zero-order valence-electron chi connectivity index (χ0n) is 15.0. The molecule has 1 atom stereocenters. The summed E-state index contributed by atoms with van der Waals surface area (Å²) in [4.78, 5) is 6.65. The summed E-state index contributed by atoms with van der Waals surface area (Å²) in [6, 6.07) is 4.11. The van der Waals surface area contributed by atoms with Crippen molar-refractivity contribution in [3.63, 3.8) is 0 Å². The van der Waals surface area contributed by atoms with E-state index in [0.717, 1.165) is 25.1 Å². The van der Waals surface area contributed by atoms with Crippen molar-refractivity contribution in [2.75, 3.05) is 46.0 Å². The van der Waals surface area contributed by atoms with Crippen molar-refractivity contribution >= 4 is 16.0 Å². The van der Waals surface area contributed by atoms with Crippen molar-refractivity contribution in [3.05, 3.63) is 24.2 Å². The Morgan fingerprint density at radius 1 is 1.32 bits per heavy atom. The van der Waals surface area contributed by atoms with E-state index < -0.39 is 10.0 Å². The number of guanidine groups is 1. The van der Waals surface area contributed by atoms with Crippen LogP contribution in [-0.2, 0) is 10.0 Å². The molecule has 1 aliphatic rings. The molecule has 1 aromatic rings. The fraction of sp³-hybridized carbons (Fsp3) is 0.688. The van der Waals surface area contributed by atoms with E-state index >= 15 is 0 Å². The maximum Gasteiger partial charge on any atom is 0.208 e. The van der Waals surface area contributed by atoms with Crippen molar-refractivity contribution in [2.45, 2.75) is 25.3 Å². The monoisotopic (exact) mass is 371 g/mol. The van der Waals surface area contributed by atoms with Gasteiger partial charge in [-0.25, -0.2) is 13.1 Å². The highest BCUT2D eigenvalue weighted by Gasteiger charge is 2.25. The van der Waals surface area contributed by atoms with Crippen LogP contribution in [-0.4, -0.2) is 65.3 Å². The second-order valence-corrected chi connectivity index (χ2v) is 8.01. The molecule has 1 aromatic heterocycles. The van der Waals surface area contributed by atoms with Gasteiger partial charge in [0.1, 0.15) is 5.76 Å². The number of nitrogens with zero attached hydrogens (tertiary/aromatic N) is 2. The Kier molecular flexibility index (Phi) is 7.73. The van der Waals surface area contributed by atoms with E-state index in [9.17, 15) is 8.42 Å². The third-order valence-corrected chi connectivity index (χ3v) is 4.88. The molecule has 8 nitrogen and oxygen atoms in total. The molecule has 1 unspecified atom stereocenters. The van der Waals surface area contributed by atoms with Gasteiger partial charge in [0.2, 0.25) is 10.0 Å². The number of sulfonamides is 1. The van der Waals surface area contributed by atoms with Gasteiger partial charge in [0.25, 0.3) is 0 Å². The first kappa shape index (κ1) is 19.7. The predicted octanol–water partition coefficient (Wildman–Crippen LogP) is 0.521. The third-order valence-electron chi connectivity index (χ3n) is 4.15. The van der Waals surface area contributed by atoms with Crippen LogP contribution >= 0.6 is 0 Å². The smallest absolute Gasteiger partial charge is 0.208 e. The summed E-state index contributed by atoms with van der Waals surface area (Å²) in [6.45, 7) is 3.91. The average molecular weight is 372 g/mol. The molecule has 1 saturated heterocycles. The van der Waals surface area contributed by atoms with Crippen LogP contribution in [0.5, 0.6) is 0 Å². The van der Waals surface area contributed by atoms with Crippen molar-refractivity contribution in [1.82, 2.24) is 20.3 Å². The Morgan fingerprint density at radius 3 is 2.68 bits per heavy atom. The standard InChI is InChI=1S/C16H29N5O3S/c1-17-16(18-8-6-9-20-25(2,22)23)19-13-14(15-7-5-12-24-15)21-10-3-4-11-21/h5,7,12,14,20H,3-4,6,8-11,13H2,1-2H3,(H2,17,18,19). The summed E-state index contributed by atoms with van der Waals surface area (Å²) in [5.74, 6) is 1.66. The number of rotatable bonds is 9.